The highest BCUT2D eigenvalue weighted by Crippen LogP contribution is 2.23. The zero-order valence-corrected chi connectivity index (χ0v) is 9.86. The Morgan fingerprint density at radius 2 is 2.41 bits per heavy atom. The second-order valence-electron chi connectivity index (χ2n) is 4.41. The minimum atomic E-state index is -0.665. The summed E-state index contributed by atoms with van der Waals surface area (Å²) < 4.78 is 24.3. The molecule has 1 N–H and O–H groups in total. The van der Waals surface area contributed by atoms with Gasteiger partial charge in [-0.1, -0.05) is 6.07 Å². The van der Waals surface area contributed by atoms with E-state index in [0.29, 0.717) is 24.7 Å². The Bertz CT molecular complexity index is 373. The molecule has 0 aromatic heterocycles. The van der Waals surface area contributed by atoms with E-state index in [1.807, 2.05) is 0 Å². The van der Waals surface area contributed by atoms with E-state index >= 15 is 0 Å². The van der Waals surface area contributed by atoms with Gasteiger partial charge in [-0.3, -0.25) is 0 Å². The van der Waals surface area contributed by atoms with Crippen LogP contribution >= 0.6 is 0 Å². The van der Waals surface area contributed by atoms with Gasteiger partial charge in [-0.2, -0.15) is 0 Å². The summed E-state index contributed by atoms with van der Waals surface area (Å²) in [5.74, 6) is 0.162. The maximum atomic E-state index is 13.6. The molecule has 1 heterocycles. The fourth-order valence-corrected chi connectivity index (χ4v) is 1.82. The van der Waals surface area contributed by atoms with E-state index in [1.165, 1.54) is 6.07 Å². The van der Waals surface area contributed by atoms with Gasteiger partial charge in [0.05, 0.1) is 19.3 Å². The van der Waals surface area contributed by atoms with Gasteiger partial charge in [0.25, 0.3) is 0 Å². The lowest BCUT2D eigenvalue weighted by Crippen LogP contribution is -2.12. The number of hydrogen-bond donors (Lipinski definition) is 1. The van der Waals surface area contributed by atoms with Crippen molar-refractivity contribution >= 4 is 0 Å². The molecule has 0 aliphatic carbocycles. The van der Waals surface area contributed by atoms with E-state index < -0.39 is 11.9 Å². The van der Waals surface area contributed by atoms with Crippen molar-refractivity contribution in [3.05, 3.63) is 29.6 Å². The minimum absolute atomic E-state index is 0.237. The van der Waals surface area contributed by atoms with Crippen LogP contribution in [0.1, 0.15) is 25.0 Å². The predicted octanol–water partition coefficient (Wildman–Crippen LogP) is 2.29. The van der Waals surface area contributed by atoms with Crippen molar-refractivity contribution < 1.29 is 19.0 Å². The molecule has 1 fully saturated rings. The van der Waals surface area contributed by atoms with E-state index in [4.69, 9.17) is 9.47 Å². The molecule has 2 rings (SSSR count). The number of aliphatic hydroxyl groups excluding tert-OH is 1. The molecule has 1 aliphatic rings. The normalized spacial score (nSPS) is 21.5. The van der Waals surface area contributed by atoms with Gasteiger partial charge in [0.2, 0.25) is 0 Å². The molecule has 0 amide bonds. The first-order chi connectivity index (χ1) is 8.16. The van der Waals surface area contributed by atoms with E-state index in [2.05, 4.69) is 0 Å². The maximum absolute atomic E-state index is 13.6. The average Bonchev–Trinajstić information content (AvgIpc) is 2.80. The summed E-state index contributed by atoms with van der Waals surface area (Å²) in [6.07, 6.45) is 0.301. The molecule has 0 bridgehead atoms. The summed E-state index contributed by atoms with van der Waals surface area (Å²) in [4.78, 5) is 0. The van der Waals surface area contributed by atoms with Crippen LogP contribution < -0.4 is 4.74 Å². The van der Waals surface area contributed by atoms with Crippen LogP contribution in [0.2, 0.25) is 0 Å². The number of benzene rings is 1. The monoisotopic (exact) mass is 240 g/mol. The molecule has 1 unspecified atom stereocenters. The Labute approximate surface area is 100 Å². The lowest BCUT2D eigenvalue weighted by Gasteiger charge is -2.12. The van der Waals surface area contributed by atoms with Gasteiger partial charge in [0.1, 0.15) is 0 Å². The van der Waals surface area contributed by atoms with Crippen LogP contribution in [0.3, 0.4) is 0 Å². The van der Waals surface area contributed by atoms with Crippen molar-refractivity contribution in [3.63, 3.8) is 0 Å². The fourth-order valence-electron chi connectivity index (χ4n) is 1.82. The fraction of sp³-hybridized carbons (Fsp3) is 0.538. The Morgan fingerprint density at radius 3 is 3.00 bits per heavy atom. The van der Waals surface area contributed by atoms with Gasteiger partial charge in [0, 0.05) is 12.5 Å². The summed E-state index contributed by atoms with van der Waals surface area (Å²) in [7, 11) is 0. The van der Waals surface area contributed by atoms with Crippen molar-refractivity contribution in [1.29, 1.82) is 0 Å². The van der Waals surface area contributed by atoms with Gasteiger partial charge in [-0.05, 0) is 31.0 Å². The third kappa shape index (κ3) is 3.17. The van der Waals surface area contributed by atoms with E-state index in [9.17, 15) is 9.50 Å². The average molecular weight is 240 g/mol. The SMILES string of the molecule is C[C@@H](O)c1ccc(OCC2CCOC2)c(F)c1. The molecule has 0 spiro atoms. The molecule has 0 saturated carbocycles. The first-order valence-electron chi connectivity index (χ1n) is 5.85. The van der Waals surface area contributed by atoms with Crippen LogP contribution in [0.5, 0.6) is 5.75 Å². The molecule has 0 radical (unpaired) electrons. The first-order valence-corrected chi connectivity index (χ1v) is 5.85. The van der Waals surface area contributed by atoms with Crippen molar-refractivity contribution in [1.82, 2.24) is 0 Å². The van der Waals surface area contributed by atoms with Crippen molar-refractivity contribution in [3.8, 4) is 5.75 Å². The zero-order valence-electron chi connectivity index (χ0n) is 9.86. The topological polar surface area (TPSA) is 38.7 Å². The van der Waals surface area contributed by atoms with Crippen molar-refractivity contribution in [2.75, 3.05) is 19.8 Å². The second-order valence-corrected chi connectivity index (χ2v) is 4.41. The quantitative estimate of drug-likeness (QED) is 0.877. The molecule has 1 aromatic carbocycles. The summed E-state index contributed by atoms with van der Waals surface area (Å²) in [6.45, 7) is 3.53. The van der Waals surface area contributed by atoms with Crippen LogP contribution in [0, 0.1) is 11.7 Å². The van der Waals surface area contributed by atoms with Gasteiger partial charge < -0.3 is 14.6 Å². The Kier molecular flexibility index (Phi) is 3.97. The zero-order chi connectivity index (χ0) is 12.3. The molecule has 2 atom stereocenters. The van der Waals surface area contributed by atoms with Gasteiger partial charge in [-0.15, -0.1) is 0 Å². The largest absolute Gasteiger partial charge is 0.490 e. The molecule has 94 valence electrons. The summed E-state index contributed by atoms with van der Waals surface area (Å²) in [5, 5.41) is 9.32. The third-order valence-electron chi connectivity index (χ3n) is 2.94. The van der Waals surface area contributed by atoms with Gasteiger partial charge in [-0.25, -0.2) is 4.39 Å². The number of hydrogen-bond acceptors (Lipinski definition) is 3. The van der Waals surface area contributed by atoms with E-state index in [-0.39, 0.29) is 5.75 Å². The van der Waals surface area contributed by atoms with E-state index in [0.717, 1.165) is 13.0 Å². The summed E-state index contributed by atoms with van der Waals surface area (Å²) >= 11 is 0. The molecular weight excluding hydrogens is 223 g/mol. The molecule has 17 heavy (non-hydrogen) atoms. The Balaban J connectivity index is 1.96. The molecule has 1 aromatic rings. The van der Waals surface area contributed by atoms with Gasteiger partial charge >= 0.3 is 0 Å². The number of rotatable bonds is 4. The molecular formula is C13H17FO3. The van der Waals surface area contributed by atoms with Crippen LogP contribution in [-0.4, -0.2) is 24.9 Å². The smallest absolute Gasteiger partial charge is 0.165 e. The van der Waals surface area contributed by atoms with E-state index in [1.54, 1.807) is 19.1 Å². The molecule has 3 nitrogen and oxygen atoms in total. The lowest BCUT2D eigenvalue weighted by molar-refractivity contribution is 0.165. The lowest BCUT2D eigenvalue weighted by atomic mass is 10.1. The number of aliphatic hydroxyl groups is 1. The number of ether oxygens (including phenoxy) is 2. The third-order valence-corrected chi connectivity index (χ3v) is 2.94. The predicted molar refractivity (Wildman–Crippen MR) is 61.5 cm³/mol. The second kappa shape index (κ2) is 5.47. The van der Waals surface area contributed by atoms with Crippen molar-refractivity contribution in [2.24, 2.45) is 5.92 Å². The highest BCUT2D eigenvalue weighted by atomic mass is 19.1. The Hall–Kier alpha value is -1.13. The Morgan fingerprint density at radius 1 is 1.59 bits per heavy atom. The minimum Gasteiger partial charge on any atom is -0.490 e. The van der Waals surface area contributed by atoms with Crippen LogP contribution in [0.25, 0.3) is 0 Å². The van der Waals surface area contributed by atoms with Gasteiger partial charge in [0.15, 0.2) is 11.6 Å². The highest BCUT2D eigenvalue weighted by Gasteiger charge is 2.17. The maximum Gasteiger partial charge on any atom is 0.165 e. The molecule has 4 heteroatoms. The first kappa shape index (κ1) is 12.3. The molecule has 1 aliphatic heterocycles. The number of halogens is 1. The molecule has 1 saturated heterocycles. The standard InChI is InChI=1S/C13H17FO3/c1-9(15)11-2-3-13(12(14)6-11)17-8-10-4-5-16-7-10/h2-3,6,9-10,15H,4-5,7-8H2,1H3/t9-,10?/m1/s1. The van der Waals surface area contributed by atoms with Crippen LogP contribution in [0.15, 0.2) is 18.2 Å². The van der Waals surface area contributed by atoms with Crippen molar-refractivity contribution in [2.45, 2.75) is 19.4 Å². The highest BCUT2D eigenvalue weighted by molar-refractivity contribution is 5.30. The summed E-state index contributed by atoms with van der Waals surface area (Å²) in [6, 6.07) is 4.55. The van der Waals surface area contributed by atoms with Crippen LogP contribution in [-0.2, 0) is 4.74 Å². The summed E-state index contributed by atoms with van der Waals surface area (Å²) in [5.41, 5.74) is 0.555. The van der Waals surface area contributed by atoms with Crippen LogP contribution in [0.4, 0.5) is 4.39 Å².